The van der Waals surface area contributed by atoms with Crippen molar-refractivity contribution in [2.45, 2.75) is 12.5 Å². The third-order valence-corrected chi connectivity index (χ3v) is 2.12. The minimum Gasteiger partial charge on any atom is -0.480 e. The molecule has 0 aliphatic carbocycles. The predicted molar refractivity (Wildman–Crippen MR) is 52.7 cm³/mol. The van der Waals surface area contributed by atoms with Gasteiger partial charge in [0.05, 0.1) is 0 Å². The van der Waals surface area contributed by atoms with Crippen LogP contribution in [0.4, 0.5) is 4.79 Å². The Labute approximate surface area is 91.6 Å². The Kier molecular flexibility index (Phi) is 3.17. The van der Waals surface area contributed by atoms with E-state index in [9.17, 15) is 14.4 Å². The zero-order valence-electron chi connectivity index (χ0n) is 8.88. The maximum atomic E-state index is 11.6. The highest BCUT2D eigenvalue weighted by Crippen LogP contribution is 2.24. The van der Waals surface area contributed by atoms with Crippen LogP contribution < -0.4 is 0 Å². The molecule has 1 unspecified atom stereocenters. The Bertz CT molecular complexity index is 374. The van der Waals surface area contributed by atoms with Gasteiger partial charge >= 0.3 is 12.1 Å². The van der Waals surface area contributed by atoms with Crippen molar-refractivity contribution in [1.29, 1.82) is 0 Å². The van der Waals surface area contributed by atoms with Crippen molar-refractivity contribution in [2.75, 3.05) is 14.1 Å². The molecule has 0 spiro atoms. The molecule has 1 aliphatic rings. The number of nitrogens with zero attached hydrogens (tertiary/aromatic N) is 2. The van der Waals surface area contributed by atoms with Crippen LogP contribution in [0.5, 0.6) is 0 Å². The largest absolute Gasteiger partial charge is 0.480 e. The average molecular weight is 228 g/mol. The number of hydrogen-bond donors (Lipinski definition) is 2. The fraction of sp³-hybridized carbons (Fsp3) is 0.444. The first kappa shape index (κ1) is 12.0. The summed E-state index contributed by atoms with van der Waals surface area (Å²) in [6.45, 7) is 0. The molecule has 16 heavy (non-hydrogen) atoms. The van der Waals surface area contributed by atoms with Crippen LogP contribution in [-0.2, 0) is 9.59 Å². The maximum absolute atomic E-state index is 11.6. The lowest BCUT2D eigenvalue weighted by molar-refractivity contribution is -0.144. The number of carbonyl (C=O) groups excluding carboxylic acids is 1. The molecule has 1 saturated heterocycles. The molecule has 7 heteroatoms. The second kappa shape index (κ2) is 4.21. The molecule has 1 aliphatic heterocycles. The van der Waals surface area contributed by atoms with Crippen molar-refractivity contribution in [2.24, 2.45) is 0 Å². The van der Waals surface area contributed by atoms with Gasteiger partial charge in [-0.1, -0.05) is 0 Å². The van der Waals surface area contributed by atoms with Gasteiger partial charge in [0.25, 0.3) is 5.91 Å². The van der Waals surface area contributed by atoms with Gasteiger partial charge in [-0.15, -0.1) is 0 Å². The quantitative estimate of drug-likeness (QED) is 0.635. The van der Waals surface area contributed by atoms with Crippen molar-refractivity contribution < 1.29 is 24.6 Å². The summed E-state index contributed by atoms with van der Waals surface area (Å²) in [5.74, 6) is -2.09. The number of amides is 2. The minimum atomic E-state index is -1.54. The summed E-state index contributed by atoms with van der Waals surface area (Å²) in [7, 11) is 3.33. The SMILES string of the molecule is CN(C)/C=C1\CC(C(=O)O)N(C(=O)O)C1=O. The molecular formula is C9H12N2O5. The Morgan fingerprint density at radius 2 is 2.00 bits per heavy atom. The molecule has 0 radical (unpaired) electrons. The summed E-state index contributed by atoms with van der Waals surface area (Å²) < 4.78 is 0. The van der Waals surface area contributed by atoms with Gasteiger partial charge < -0.3 is 15.1 Å². The molecule has 0 aromatic rings. The molecule has 88 valence electrons. The number of aliphatic carboxylic acids is 1. The maximum Gasteiger partial charge on any atom is 0.415 e. The summed E-state index contributed by atoms with van der Waals surface area (Å²) >= 11 is 0. The Morgan fingerprint density at radius 3 is 2.31 bits per heavy atom. The number of rotatable bonds is 2. The van der Waals surface area contributed by atoms with Crippen LogP contribution in [0.25, 0.3) is 0 Å². The molecule has 1 heterocycles. The predicted octanol–water partition coefficient (Wildman–Crippen LogP) is -0.205. The lowest BCUT2D eigenvalue weighted by Crippen LogP contribution is -2.42. The second-order valence-electron chi connectivity index (χ2n) is 3.63. The lowest BCUT2D eigenvalue weighted by atomic mass is 10.1. The van der Waals surface area contributed by atoms with Crippen molar-refractivity contribution in [3.05, 3.63) is 11.8 Å². The van der Waals surface area contributed by atoms with Gasteiger partial charge in [0.1, 0.15) is 6.04 Å². The van der Waals surface area contributed by atoms with E-state index in [2.05, 4.69) is 0 Å². The highest BCUT2D eigenvalue weighted by atomic mass is 16.4. The standard InChI is InChI=1S/C9H12N2O5/c1-10(2)4-5-3-6(8(13)14)11(7(5)12)9(15)16/h4,6H,3H2,1-2H3,(H,13,14)(H,15,16)/b5-4+. The van der Waals surface area contributed by atoms with Gasteiger partial charge in [0, 0.05) is 32.3 Å². The lowest BCUT2D eigenvalue weighted by Gasteiger charge is -2.14. The molecule has 0 saturated carbocycles. The number of carboxylic acid groups (broad SMARTS) is 2. The van der Waals surface area contributed by atoms with Crippen molar-refractivity contribution >= 4 is 18.0 Å². The monoisotopic (exact) mass is 228 g/mol. The summed E-state index contributed by atoms with van der Waals surface area (Å²) in [4.78, 5) is 35.1. The van der Waals surface area contributed by atoms with E-state index in [4.69, 9.17) is 10.2 Å². The molecule has 0 aromatic carbocycles. The highest BCUT2D eigenvalue weighted by molar-refractivity contribution is 6.08. The van der Waals surface area contributed by atoms with Crippen molar-refractivity contribution in [3.8, 4) is 0 Å². The smallest absolute Gasteiger partial charge is 0.415 e. The summed E-state index contributed by atoms with van der Waals surface area (Å²) in [6, 6.07) is -1.32. The molecule has 0 bridgehead atoms. The van der Waals surface area contributed by atoms with Gasteiger partial charge in [-0.25, -0.2) is 14.5 Å². The number of carboxylic acids is 1. The topological polar surface area (TPSA) is 98.2 Å². The van der Waals surface area contributed by atoms with E-state index in [1.165, 1.54) is 6.20 Å². The van der Waals surface area contributed by atoms with Crippen LogP contribution in [0.2, 0.25) is 0 Å². The first-order valence-corrected chi connectivity index (χ1v) is 4.51. The average Bonchev–Trinajstić information content (AvgIpc) is 2.43. The summed E-state index contributed by atoms with van der Waals surface area (Å²) in [5, 5.41) is 17.6. The van der Waals surface area contributed by atoms with E-state index < -0.39 is 24.0 Å². The molecule has 2 amide bonds. The Morgan fingerprint density at radius 1 is 1.44 bits per heavy atom. The van der Waals surface area contributed by atoms with Crippen LogP contribution >= 0.6 is 0 Å². The van der Waals surface area contributed by atoms with Crippen molar-refractivity contribution in [3.63, 3.8) is 0 Å². The van der Waals surface area contributed by atoms with Crippen LogP contribution in [0.1, 0.15) is 6.42 Å². The van der Waals surface area contributed by atoms with E-state index in [0.29, 0.717) is 4.90 Å². The summed E-state index contributed by atoms with van der Waals surface area (Å²) in [5.41, 5.74) is 0.180. The Balaban J connectivity index is 3.05. The molecular weight excluding hydrogens is 216 g/mol. The van der Waals surface area contributed by atoms with Gasteiger partial charge in [-0.3, -0.25) is 4.79 Å². The van der Waals surface area contributed by atoms with Gasteiger partial charge in [-0.2, -0.15) is 0 Å². The zero-order valence-corrected chi connectivity index (χ0v) is 8.88. The number of hydrogen-bond acceptors (Lipinski definition) is 4. The molecule has 1 rings (SSSR count). The van der Waals surface area contributed by atoms with Crippen LogP contribution in [0, 0.1) is 0 Å². The van der Waals surface area contributed by atoms with Crippen LogP contribution in [-0.4, -0.2) is 58.1 Å². The van der Waals surface area contributed by atoms with E-state index in [0.717, 1.165) is 0 Å². The fourth-order valence-electron chi connectivity index (χ4n) is 1.52. The molecule has 2 N–H and O–H groups in total. The molecule has 0 aromatic heterocycles. The zero-order chi connectivity index (χ0) is 12.5. The van der Waals surface area contributed by atoms with E-state index in [1.807, 2.05) is 0 Å². The molecule has 1 fully saturated rings. The fourth-order valence-corrected chi connectivity index (χ4v) is 1.52. The van der Waals surface area contributed by atoms with Crippen LogP contribution in [0.3, 0.4) is 0 Å². The highest BCUT2D eigenvalue weighted by Gasteiger charge is 2.43. The normalized spacial score (nSPS) is 22.6. The first-order valence-electron chi connectivity index (χ1n) is 4.51. The van der Waals surface area contributed by atoms with Gasteiger partial charge in [-0.05, 0) is 0 Å². The number of imide groups is 1. The molecule has 1 atom stereocenters. The van der Waals surface area contributed by atoms with Crippen LogP contribution in [0.15, 0.2) is 11.8 Å². The number of carbonyl (C=O) groups is 3. The van der Waals surface area contributed by atoms with E-state index in [-0.39, 0.29) is 12.0 Å². The van der Waals surface area contributed by atoms with Crippen molar-refractivity contribution in [1.82, 2.24) is 9.80 Å². The number of likely N-dealkylation sites (tertiary alicyclic amines) is 1. The third-order valence-electron chi connectivity index (χ3n) is 2.12. The third kappa shape index (κ3) is 2.13. The van der Waals surface area contributed by atoms with Gasteiger partial charge in [0.15, 0.2) is 0 Å². The first-order chi connectivity index (χ1) is 7.34. The van der Waals surface area contributed by atoms with E-state index >= 15 is 0 Å². The molecule has 7 nitrogen and oxygen atoms in total. The summed E-state index contributed by atoms with van der Waals surface area (Å²) in [6.07, 6.45) is -0.209. The van der Waals surface area contributed by atoms with Gasteiger partial charge in [0.2, 0.25) is 0 Å². The van der Waals surface area contributed by atoms with E-state index in [1.54, 1.807) is 19.0 Å². The minimum absolute atomic E-state index is 0.0986. The Hall–Kier alpha value is -2.05. The second-order valence-corrected chi connectivity index (χ2v) is 3.63.